The zero-order chi connectivity index (χ0) is 13.8. The number of benzene rings is 2. The van der Waals surface area contributed by atoms with Crippen molar-refractivity contribution >= 4 is 29.0 Å². The minimum absolute atomic E-state index is 0.174. The molecular weight excluding hydrogens is 290 g/mol. The molecular formula is C14H9Cl2FO2. The molecule has 0 bridgehead atoms. The highest BCUT2D eigenvalue weighted by Gasteiger charge is 2.09. The Balaban J connectivity index is 2.02. The summed E-state index contributed by atoms with van der Waals surface area (Å²) in [5, 5.41) is 0.821. The summed E-state index contributed by atoms with van der Waals surface area (Å²) in [7, 11) is 0. The number of hydrogen-bond donors (Lipinski definition) is 0. The Labute approximate surface area is 119 Å². The zero-order valence-electron chi connectivity index (χ0n) is 9.70. The molecule has 0 saturated carbocycles. The van der Waals surface area contributed by atoms with Gasteiger partial charge < -0.3 is 4.74 Å². The summed E-state index contributed by atoms with van der Waals surface area (Å²) >= 11 is 11.7. The van der Waals surface area contributed by atoms with Crippen LogP contribution in [0.5, 0.6) is 5.75 Å². The van der Waals surface area contributed by atoms with Crippen LogP contribution in [0.25, 0.3) is 0 Å². The number of rotatable bonds is 4. The fraction of sp³-hybridized carbons (Fsp3) is 0.0714. The van der Waals surface area contributed by atoms with Crippen molar-refractivity contribution < 1.29 is 13.9 Å². The van der Waals surface area contributed by atoms with Gasteiger partial charge in [0.15, 0.2) is 12.4 Å². The molecule has 19 heavy (non-hydrogen) atoms. The molecule has 2 aromatic rings. The van der Waals surface area contributed by atoms with E-state index < -0.39 is 5.82 Å². The number of ether oxygens (including phenoxy) is 1. The van der Waals surface area contributed by atoms with Crippen molar-refractivity contribution in [1.29, 1.82) is 0 Å². The molecule has 0 saturated heterocycles. The first-order chi connectivity index (χ1) is 9.06. The van der Waals surface area contributed by atoms with Crippen molar-refractivity contribution in [1.82, 2.24) is 0 Å². The zero-order valence-corrected chi connectivity index (χ0v) is 11.2. The van der Waals surface area contributed by atoms with Gasteiger partial charge in [0.25, 0.3) is 0 Å². The SMILES string of the molecule is O=C(COc1ccc(Cl)cc1Cl)c1ccc(F)cc1. The van der Waals surface area contributed by atoms with Gasteiger partial charge in [0, 0.05) is 10.6 Å². The van der Waals surface area contributed by atoms with Crippen LogP contribution in [0.2, 0.25) is 10.0 Å². The van der Waals surface area contributed by atoms with Crippen LogP contribution >= 0.6 is 23.2 Å². The van der Waals surface area contributed by atoms with E-state index in [1.807, 2.05) is 0 Å². The lowest BCUT2D eigenvalue weighted by molar-refractivity contribution is 0.0921. The predicted molar refractivity (Wildman–Crippen MR) is 72.7 cm³/mol. The fourth-order valence-electron chi connectivity index (χ4n) is 1.45. The van der Waals surface area contributed by atoms with Crippen LogP contribution in [0, 0.1) is 5.82 Å². The van der Waals surface area contributed by atoms with Crippen LogP contribution in [-0.2, 0) is 0 Å². The quantitative estimate of drug-likeness (QED) is 0.782. The lowest BCUT2D eigenvalue weighted by Crippen LogP contribution is -2.11. The van der Waals surface area contributed by atoms with Crippen LogP contribution < -0.4 is 4.74 Å². The maximum Gasteiger partial charge on any atom is 0.200 e. The van der Waals surface area contributed by atoms with Crippen LogP contribution in [0.1, 0.15) is 10.4 Å². The second-order valence-electron chi connectivity index (χ2n) is 3.79. The predicted octanol–water partition coefficient (Wildman–Crippen LogP) is 4.39. The maximum absolute atomic E-state index is 12.7. The lowest BCUT2D eigenvalue weighted by atomic mass is 10.1. The van der Waals surface area contributed by atoms with Crippen molar-refractivity contribution in [3.8, 4) is 5.75 Å². The van der Waals surface area contributed by atoms with Crippen LogP contribution in [0.15, 0.2) is 42.5 Å². The van der Waals surface area contributed by atoms with E-state index in [4.69, 9.17) is 27.9 Å². The number of carbonyl (C=O) groups is 1. The molecule has 0 aliphatic heterocycles. The van der Waals surface area contributed by atoms with Gasteiger partial charge in [-0.1, -0.05) is 23.2 Å². The summed E-state index contributed by atoms with van der Waals surface area (Å²) < 4.78 is 18.0. The van der Waals surface area contributed by atoms with Crippen molar-refractivity contribution in [2.45, 2.75) is 0 Å². The van der Waals surface area contributed by atoms with Gasteiger partial charge in [-0.15, -0.1) is 0 Å². The van der Waals surface area contributed by atoms with Crippen LogP contribution in [0.3, 0.4) is 0 Å². The topological polar surface area (TPSA) is 26.3 Å². The molecule has 0 aromatic heterocycles. The average Bonchev–Trinajstić information content (AvgIpc) is 2.38. The monoisotopic (exact) mass is 298 g/mol. The number of ketones is 1. The van der Waals surface area contributed by atoms with E-state index in [2.05, 4.69) is 0 Å². The van der Waals surface area contributed by atoms with E-state index in [1.54, 1.807) is 12.1 Å². The summed E-state index contributed by atoms with van der Waals surface area (Å²) in [6.45, 7) is -0.174. The normalized spacial score (nSPS) is 10.3. The Hall–Kier alpha value is -1.58. The van der Waals surface area contributed by atoms with Gasteiger partial charge in [-0.2, -0.15) is 0 Å². The van der Waals surface area contributed by atoms with E-state index in [0.29, 0.717) is 21.4 Å². The highest BCUT2D eigenvalue weighted by Crippen LogP contribution is 2.27. The van der Waals surface area contributed by atoms with Gasteiger partial charge in [-0.25, -0.2) is 4.39 Å². The molecule has 2 aromatic carbocycles. The third kappa shape index (κ3) is 3.69. The molecule has 0 fully saturated rings. The molecule has 2 nitrogen and oxygen atoms in total. The summed E-state index contributed by atoms with van der Waals surface area (Å²) in [6, 6.07) is 9.99. The molecule has 98 valence electrons. The van der Waals surface area contributed by atoms with E-state index >= 15 is 0 Å². The van der Waals surface area contributed by atoms with Crippen molar-refractivity contribution in [2.75, 3.05) is 6.61 Å². The van der Waals surface area contributed by atoms with Crippen LogP contribution in [-0.4, -0.2) is 12.4 Å². The van der Waals surface area contributed by atoms with E-state index in [1.165, 1.54) is 30.3 Å². The van der Waals surface area contributed by atoms with Gasteiger partial charge in [0.2, 0.25) is 0 Å². The van der Waals surface area contributed by atoms with E-state index in [-0.39, 0.29) is 12.4 Å². The smallest absolute Gasteiger partial charge is 0.200 e. The summed E-state index contributed by atoms with van der Waals surface area (Å²) in [5.41, 5.74) is 0.381. The van der Waals surface area contributed by atoms with Gasteiger partial charge in [0.05, 0.1) is 5.02 Å². The molecule has 0 unspecified atom stereocenters. The molecule has 5 heteroatoms. The van der Waals surface area contributed by atoms with E-state index in [9.17, 15) is 9.18 Å². The van der Waals surface area contributed by atoms with Gasteiger partial charge in [-0.3, -0.25) is 4.79 Å². The van der Waals surface area contributed by atoms with Gasteiger partial charge in [0.1, 0.15) is 11.6 Å². The van der Waals surface area contributed by atoms with Gasteiger partial charge in [-0.05, 0) is 42.5 Å². The largest absolute Gasteiger partial charge is 0.484 e. The Morgan fingerprint density at radius 3 is 2.42 bits per heavy atom. The van der Waals surface area contributed by atoms with Crippen molar-refractivity contribution in [3.63, 3.8) is 0 Å². The summed E-state index contributed by atoms with van der Waals surface area (Å²) in [5.74, 6) is -0.272. The molecule has 0 N–H and O–H groups in total. The van der Waals surface area contributed by atoms with Gasteiger partial charge >= 0.3 is 0 Å². The lowest BCUT2D eigenvalue weighted by Gasteiger charge is -2.07. The first-order valence-electron chi connectivity index (χ1n) is 5.43. The molecule has 0 amide bonds. The van der Waals surface area contributed by atoms with Crippen molar-refractivity contribution in [3.05, 3.63) is 63.9 Å². The second kappa shape index (κ2) is 6.04. The molecule has 2 rings (SSSR count). The molecule has 0 atom stereocenters. The number of Topliss-reactive ketones (excluding diaryl/α,β-unsaturated/α-hetero) is 1. The number of carbonyl (C=O) groups excluding carboxylic acids is 1. The molecule has 0 radical (unpaired) electrons. The summed E-state index contributed by atoms with van der Waals surface area (Å²) in [4.78, 5) is 11.8. The van der Waals surface area contributed by atoms with Crippen molar-refractivity contribution in [2.24, 2.45) is 0 Å². The molecule has 0 aliphatic rings. The minimum atomic E-state index is -0.391. The average molecular weight is 299 g/mol. The molecule has 0 spiro atoms. The first-order valence-corrected chi connectivity index (χ1v) is 6.18. The number of halogens is 3. The highest BCUT2D eigenvalue weighted by molar-refractivity contribution is 6.35. The second-order valence-corrected chi connectivity index (χ2v) is 4.64. The van der Waals surface area contributed by atoms with Crippen LogP contribution in [0.4, 0.5) is 4.39 Å². The standard InChI is InChI=1S/C14H9Cl2FO2/c15-10-3-6-14(12(16)7-10)19-8-13(18)9-1-4-11(17)5-2-9/h1-7H,8H2. The molecule has 0 heterocycles. The third-order valence-corrected chi connectivity index (χ3v) is 2.95. The highest BCUT2D eigenvalue weighted by atomic mass is 35.5. The Morgan fingerprint density at radius 2 is 1.79 bits per heavy atom. The minimum Gasteiger partial charge on any atom is -0.484 e. The first kappa shape index (κ1) is 13.8. The van der Waals surface area contributed by atoms with E-state index in [0.717, 1.165) is 0 Å². The molecule has 0 aliphatic carbocycles. The maximum atomic E-state index is 12.7. The summed E-state index contributed by atoms with van der Waals surface area (Å²) in [6.07, 6.45) is 0. The Kier molecular flexibility index (Phi) is 4.40. The number of hydrogen-bond acceptors (Lipinski definition) is 2. The fourth-order valence-corrected chi connectivity index (χ4v) is 1.92. The Morgan fingerprint density at radius 1 is 1.11 bits per heavy atom. The Bertz CT molecular complexity index is 597. The third-order valence-electron chi connectivity index (χ3n) is 2.42.